The zero-order valence-electron chi connectivity index (χ0n) is 17.8. The molecule has 1 heterocycles. The van der Waals surface area contributed by atoms with Crippen molar-refractivity contribution in [2.24, 2.45) is 0 Å². The second-order valence-electron chi connectivity index (χ2n) is 7.52. The second-order valence-corrected chi connectivity index (χ2v) is 9.41. The first kappa shape index (κ1) is 22.8. The molecule has 2 aromatic carbocycles. The maximum atomic E-state index is 12.9. The first-order valence-electron chi connectivity index (χ1n) is 10.1. The first-order chi connectivity index (χ1) is 14.7. The maximum Gasteiger partial charge on any atom is 0.279 e. The summed E-state index contributed by atoms with van der Waals surface area (Å²) in [5, 5.41) is 0. The van der Waals surface area contributed by atoms with Crippen LogP contribution in [0.2, 0.25) is 0 Å². The predicted octanol–water partition coefficient (Wildman–Crippen LogP) is 2.07. The molecule has 2 amide bonds. The van der Waals surface area contributed by atoms with Gasteiger partial charge in [0.25, 0.3) is 11.8 Å². The van der Waals surface area contributed by atoms with Crippen LogP contribution in [0.1, 0.15) is 30.9 Å². The minimum Gasteiger partial charge on any atom is -0.481 e. The van der Waals surface area contributed by atoms with Crippen molar-refractivity contribution in [1.82, 2.24) is 15.2 Å². The van der Waals surface area contributed by atoms with Crippen LogP contribution in [0.25, 0.3) is 0 Å². The number of aryl methyl sites for hydroxylation is 1. The fourth-order valence-electron chi connectivity index (χ4n) is 3.42. The van der Waals surface area contributed by atoms with E-state index in [4.69, 9.17) is 4.74 Å². The molecule has 0 aliphatic carbocycles. The Morgan fingerprint density at radius 3 is 2.48 bits per heavy atom. The molecule has 0 saturated carbocycles. The van der Waals surface area contributed by atoms with Crippen molar-refractivity contribution in [3.05, 3.63) is 59.7 Å². The Morgan fingerprint density at radius 2 is 1.77 bits per heavy atom. The van der Waals surface area contributed by atoms with Gasteiger partial charge in [-0.2, -0.15) is 4.31 Å². The van der Waals surface area contributed by atoms with Gasteiger partial charge in [-0.1, -0.05) is 30.3 Å². The van der Waals surface area contributed by atoms with Crippen LogP contribution in [-0.4, -0.2) is 43.2 Å². The SMILES string of the molecule is Cc1cccc(OC(C)C(=O)NNC(=O)C2CCCN2S(=O)(=O)c2ccccc2)c1C. The normalized spacial score (nSPS) is 17.7. The summed E-state index contributed by atoms with van der Waals surface area (Å²) in [6.45, 7) is 5.67. The Labute approximate surface area is 182 Å². The van der Waals surface area contributed by atoms with E-state index in [-0.39, 0.29) is 11.4 Å². The zero-order valence-corrected chi connectivity index (χ0v) is 18.6. The third-order valence-electron chi connectivity index (χ3n) is 5.39. The van der Waals surface area contributed by atoms with Gasteiger partial charge < -0.3 is 4.74 Å². The Kier molecular flexibility index (Phi) is 6.97. The van der Waals surface area contributed by atoms with Crippen LogP contribution in [0.15, 0.2) is 53.4 Å². The van der Waals surface area contributed by atoms with E-state index in [1.54, 1.807) is 31.2 Å². The topological polar surface area (TPSA) is 105 Å². The van der Waals surface area contributed by atoms with Gasteiger partial charge in [0.2, 0.25) is 10.0 Å². The highest BCUT2D eigenvalue weighted by molar-refractivity contribution is 7.89. The quantitative estimate of drug-likeness (QED) is 0.663. The number of sulfonamides is 1. The van der Waals surface area contributed by atoms with E-state index >= 15 is 0 Å². The third kappa shape index (κ3) is 5.05. The fraction of sp³-hybridized carbons (Fsp3) is 0.364. The molecule has 1 aliphatic rings. The summed E-state index contributed by atoms with van der Waals surface area (Å²) in [7, 11) is -3.80. The van der Waals surface area contributed by atoms with Gasteiger partial charge in [-0.15, -0.1) is 0 Å². The number of ether oxygens (including phenoxy) is 1. The number of nitrogens with one attached hydrogen (secondary N) is 2. The van der Waals surface area contributed by atoms with Gasteiger partial charge in [0.15, 0.2) is 6.10 Å². The molecule has 0 aromatic heterocycles. The van der Waals surface area contributed by atoms with E-state index in [0.717, 1.165) is 11.1 Å². The fourth-order valence-corrected chi connectivity index (χ4v) is 5.10. The summed E-state index contributed by atoms with van der Waals surface area (Å²) in [6.07, 6.45) is 0.0838. The standard InChI is InChI=1S/C22H27N3O5S/c1-15-9-7-13-20(16(15)2)30-17(3)21(26)23-24-22(27)19-12-8-14-25(19)31(28,29)18-10-5-4-6-11-18/h4-7,9-11,13,17,19H,8,12,14H2,1-3H3,(H,23,26)(H,24,27). The lowest BCUT2D eigenvalue weighted by Gasteiger charge is -2.24. The van der Waals surface area contributed by atoms with Gasteiger partial charge in [-0.25, -0.2) is 8.42 Å². The Balaban J connectivity index is 1.60. The number of hydrazine groups is 1. The molecule has 3 rings (SSSR count). The summed E-state index contributed by atoms with van der Waals surface area (Å²) in [4.78, 5) is 25.2. The largest absolute Gasteiger partial charge is 0.481 e. The molecule has 1 fully saturated rings. The average molecular weight is 446 g/mol. The van der Waals surface area contributed by atoms with Crippen molar-refractivity contribution < 1.29 is 22.7 Å². The third-order valence-corrected chi connectivity index (χ3v) is 7.32. The number of hydrogen-bond donors (Lipinski definition) is 2. The summed E-state index contributed by atoms with van der Waals surface area (Å²) < 4.78 is 32.7. The number of benzene rings is 2. The van der Waals surface area contributed by atoms with Crippen molar-refractivity contribution in [1.29, 1.82) is 0 Å². The molecule has 2 aromatic rings. The van der Waals surface area contributed by atoms with E-state index in [1.165, 1.54) is 16.4 Å². The van der Waals surface area contributed by atoms with Crippen molar-refractivity contribution >= 4 is 21.8 Å². The van der Waals surface area contributed by atoms with E-state index in [1.807, 2.05) is 26.0 Å². The number of carbonyl (C=O) groups excluding carboxylic acids is 2. The zero-order chi connectivity index (χ0) is 22.6. The van der Waals surface area contributed by atoms with Crippen LogP contribution in [0.4, 0.5) is 0 Å². The monoisotopic (exact) mass is 445 g/mol. The minimum atomic E-state index is -3.80. The van der Waals surface area contributed by atoms with Gasteiger partial charge in [0, 0.05) is 6.54 Å². The van der Waals surface area contributed by atoms with Crippen LogP contribution in [0.3, 0.4) is 0 Å². The molecule has 2 unspecified atom stereocenters. The summed E-state index contributed by atoms with van der Waals surface area (Å²) in [5.74, 6) is -0.529. The predicted molar refractivity (Wildman–Crippen MR) is 116 cm³/mol. The second kappa shape index (κ2) is 9.49. The van der Waals surface area contributed by atoms with Gasteiger partial charge in [0.05, 0.1) is 4.90 Å². The van der Waals surface area contributed by atoms with Crippen molar-refractivity contribution in [3.63, 3.8) is 0 Å². The molecule has 31 heavy (non-hydrogen) atoms. The van der Waals surface area contributed by atoms with Crippen molar-refractivity contribution in [3.8, 4) is 5.75 Å². The number of carbonyl (C=O) groups is 2. The lowest BCUT2D eigenvalue weighted by atomic mass is 10.1. The molecule has 0 spiro atoms. The van der Waals surface area contributed by atoms with E-state index in [9.17, 15) is 18.0 Å². The van der Waals surface area contributed by atoms with E-state index in [0.29, 0.717) is 18.6 Å². The Bertz CT molecular complexity index is 1060. The van der Waals surface area contributed by atoms with Crippen molar-refractivity contribution in [2.75, 3.05) is 6.54 Å². The molecule has 1 saturated heterocycles. The highest BCUT2D eigenvalue weighted by atomic mass is 32.2. The highest BCUT2D eigenvalue weighted by Gasteiger charge is 2.39. The molecule has 0 radical (unpaired) electrons. The lowest BCUT2D eigenvalue weighted by Crippen LogP contribution is -2.53. The first-order valence-corrected chi connectivity index (χ1v) is 11.6. The van der Waals surface area contributed by atoms with Crippen molar-refractivity contribution in [2.45, 2.75) is 50.7 Å². The molecular weight excluding hydrogens is 418 g/mol. The summed E-state index contributed by atoms with van der Waals surface area (Å²) in [5.41, 5.74) is 6.66. The van der Waals surface area contributed by atoms with Crippen LogP contribution in [0.5, 0.6) is 5.75 Å². The molecule has 2 atom stereocenters. The highest BCUT2D eigenvalue weighted by Crippen LogP contribution is 2.26. The van der Waals surface area contributed by atoms with E-state index < -0.39 is 34.0 Å². The van der Waals surface area contributed by atoms with Gasteiger partial charge in [0.1, 0.15) is 11.8 Å². The van der Waals surface area contributed by atoms with Crippen LogP contribution >= 0.6 is 0 Å². The number of amides is 2. The number of hydrogen-bond acceptors (Lipinski definition) is 5. The van der Waals surface area contributed by atoms with Crippen LogP contribution in [0, 0.1) is 13.8 Å². The van der Waals surface area contributed by atoms with E-state index in [2.05, 4.69) is 10.9 Å². The lowest BCUT2D eigenvalue weighted by molar-refractivity contribution is -0.133. The Hall–Kier alpha value is -2.91. The van der Waals surface area contributed by atoms with Gasteiger partial charge in [-0.05, 0) is 62.9 Å². The molecule has 166 valence electrons. The van der Waals surface area contributed by atoms with Crippen LogP contribution in [-0.2, 0) is 19.6 Å². The van der Waals surface area contributed by atoms with Crippen LogP contribution < -0.4 is 15.6 Å². The maximum absolute atomic E-state index is 12.9. The number of nitrogens with zero attached hydrogens (tertiary/aromatic N) is 1. The number of rotatable bonds is 6. The molecule has 1 aliphatic heterocycles. The van der Waals surface area contributed by atoms with Gasteiger partial charge >= 0.3 is 0 Å². The molecular formula is C22H27N3O5S. The van der Waals surface area contributed by atoms with Gasteiger partial charge in [-0.3, -0.25) is 20.4 Å². The summed E-state index contributed by atoms with van der Waals surface area (Å²) >= 11 is 0. The Morgan fingerprint density at radius 1 is 1.06 bits per heavy atom. The molecule has 0 bridgehead atoms. The molecule has 2 N–H and O–H groups in total. The smallest absolute Gasteiger partial charge is 0.279 e. The average Bonchev–Trinajstić information content (AvgIpc) is 3.26. The molecule has 8 nitrogen and oxygen atoms in total. The minimum absolute atomic E-state index is 0.134. The summed E-state index contributed by atoms with van der Waals surface area (Å²) in [6, 6.07) is 12.7. The molecule has 9 heteroatoms.